The number of anilines is 1. The lowest BCUT2D eigenvalue weighted by Crippen LogP contribution is -2.11. The molecule has 0 bridgehead atoms. The van der Waals surface area contributed by atoms with Gasteiger partial charge in [-0.15, -0.1) is 0 Å². The van der Waals surface area contributed by atoms with Gasteiger partial charge in [-0.25, -0.2) is 8.78 Å². The maximum Gasteiger partial charge on any atom is 0.245 e. The van der Waals surface area contributed by atoms with Crippen molar-refractivity contribution >= 4 is 5.69 Å². The van der Waals surface area contributed by atoms with Gasteiger partial charge >= 0.3 is 0 Å². The number of alkyl halides is 2. The van der Waals surface area contributed by atoms with Crippen LogP contribution in [0.2, 0.25) is 0 Å². The SMILES string of the molecule is Nc1ccc(C(C(F)F)C2CC2)cc1. The average Bonchev–Trinajstić information content (AvgIpc) is 2.92. The van der Waals surface area contributed by atoms with Crippen LogP contribution in [0.25, 0.3) is 0 Å². The topological polar surface area (TPSA) is 26.0 Å². The van der Waals surface area contributed by atoms with Crippen LogP contribution < -0.4 is 5.73 Å². The highest BCUT2D eigenvalue weighted by molar-refractivity contribution is 5.40. The Balaban J connectivity index is 2.21. The summed E-state index contributed by atoms with van der Waals surface area (Å²) in [4.78, 5) is 0. The number of nitrogen functional groups attached to an aromatic ring is 1. The number of rotatable bonds is 3. The third kappa shape index (κ3) is 1.86. The van der Waals surface area contributed by atoms with E-state index in [0.29, 0.717) is 5.69 Å². The average molecular weight is 197 g/mol. The molecular weight excluding hydrogens is 184 g/mol. The third-order valence-electron chi connectivity index (χ3n) is 2.72. The Hall–Kier alpha value is -1.12. The second kappa shape index (κ2) is 3.56. The predicted molar refractivity (Wildman–Crippen MR) is 52.3 cm³/mol. The molecule has 0 heterocycles. The molecule has 1 saturated carbocycles. The first kappa shape index (κ1) is 9.44. The van der Waals surface area contributed by atoms with E-state index in [1.807, 2.05) is 0 Å². The van der Waals surface area contributed by atoms with Gasteiger partial charge in [-0.2, -0.15) is 0 Å². The molecule has 0 radical (unpaired) electrons. The van der Waals surface area contributed by atoms with Crippen LogP contribution in [0.3, 0.4) is 0 Å². The lowest BCUT2D eigenvalue weighted by molar-refractivity contribution is 0.104. The fraction of sp³-hybridized carbons (Fsp3) is 0.455. The van der Waals surface area contributed by atoms with E-state index in [1.54, 1.807) is 24.3 Å². The van der Waals surface area contributed by atoms with Crippen LogP contribution in [-0.2, 0) is 0 Å². The molecule has 1 unspecified atom stereocenters. The molecular formula is C11H13F2N. The molecule has 0 aliphatic heterocycles. The standard InChI is InChI=1S/C11H13F2N/c12-11(13)10(7-1-2-7)8-3-5-9(14)6-4-8/h3-7,10-11H,1-2,14H2. The van der Waals surface area contributed by atoms with Crippen molar-refractivity contribution in [1.29, 1.82) is 0 Å². The molecule has 0 amide bonds. The van der Waals surface area contributed by atoms with E-state index in [9.17, 15) is 8.78 Å². The Morgan fingerprint density at radius 1 is 1.14 bits per heavy atom. The third-order valence-corrected chi connectivity index (χ3v) is 2.72. The molecule has 76 valence electrons. The second-order valence-electron chi connectivity index (χ2n) is 3.86. The van der Waals surface area contributed by atoms with E-state index in [2.05, 4.69) is 0 Å². The van der Waals surface area contributed by atoms with Gasteiger partial charge in [0.2, 0.25) is 6.43 Å². The first-order chi connectivity index (χ1) is 6.68. The van der Waals surface area contributed by atoms with Crippen LogP contribution in [0.1, 0.15) is 24.3 Å². The summed E-state index contributed by atoms with van der Waals surface area (Å²) < 4.78 is 25.5. The van der Waals surface area contributed by atoms with Crippen LogP contribution in [0, 0.1) is 5.92 Å². The van der Waals surface area contributed by atoms with Crippen molar-refractivity contribution in [3.63, 3.8) is 0 Å². The number of benzene rings is 1. The Labute approximate surface area is 81.9 Å². The predicted octanol–water partition coefficient (Wildman–Crippen LogP) is 3.03. The van der Waals surface area contributed by atoms with E-state index < -0.39 is 12.3 Å². The van der Waals surface area contributed by atoms with Crippen LogP contribution in [0.4, 0.5) is 14.5 Å². The Kier molecular flexibility index (Phi) is 2.40. The molecule has 1 fully saturated rings. The molecule has 1 atom stereocenters. The van der Waals surface area contributed by atoms with E-state index in [-0.39, 0.29) is 5.92 Å². The van der Waals surface area contributed by atoms with Crippen molar-refractivity contribution in [3.8, 4) is 0 Å². The van der Waals surface area contributed by atoms with Gasteiger partial charge in [-0.05, 0) is 36.5 Å². The molecule has 1 aromatic rings. The Morgan fingerprint density at radius 3 is 2.14 bits per heavy atom. The number of hydrogen-bond donors (Lipinski definition) is 1. The summed E-state index contributed by atoms with van der Waals surface area (Å²) in [6, 6.07) is 6.80. The number of hydrogen-bond acceptors (Lipinski definition) is 1. The minimum absolute atomic E-state index is 0.179. The van der Waals surface area contributed by atoms with Crippen molar-refractivity contribution < 1.29 is 8.78 Å². The highest BCUT2D eigenvalue weighted by atomic mass is 19.3. The summed E-state index contributed by atoms with van der Waals surface area (Å²) in [6.45, 7) is 0. The Bertz CT molecular complexity index is 302. The van der Waals surface area contributed by atoms with Crippen molar-refractivity contribution in [3.05, 3.63) is 29.8 Å². The molecule has 1 aliphatic carbocycles. The van der Waals surface area contributed by atoms with Gasteiger partial charge in [0.05, 0.1) is 0 Å². The first-order valence-corrected chi connectivity index (χ1v) is 4.82. The summed E-state index contributed by atoms with van der Waals surface area (Å²) in [5.41, 5.74) is 6.85. The zero-order chi connectivity index (χ0) is 10.1. The molecule has 0 aromatic heterocycles. The first-order valence-electron chi connectivity index (χ1n) is 4.82. The van der Waals surface area contributed by atoms with Gasteiger partial charge in [0.1, 0.15) is 0 Å². The largest absolute Gasteiger partial charge is 0.399 e. The molecule has 14 heavy (non-hydrogen) atoms. The molecule has 0 spiro atoms. The fourth-order valence-electron chi connectivity index (χ4n) is 1.80. The summed E-state index contributed by atoms with van der Waals surface area (Å²) in [6.07, 6.45) is -0.398. The van der Waals surface area contributed by atoms with Crippen LogP contribution in [0.15, 0.2) is 24.3 Å². The maximum absolute atomic E-state index is 12.7. The molecule has 1 aliphatic rings. The highest BCUT2D eigenvalue weighted by Gasteiger charge is 2.38. The molecule has 2 rings (SSSR count). The van der Waals surface area contributed by atoms with E-state index in [1.165, 1.54) is 0 Å². The fourth-order valence-corrected chi connectivity index (χ4v) is 1.80. The van der Waals surface area contributed by atoms with Gasteiger partial charge in [-0.3, -0.25) is 0 Å². The lowest BCUT2D eigenvalue weighted by Gasteiger charge is -2.15. The number of nitrogens with two attached hydrogens (primary N) is 1. The normalized spacial score (nSPS) is 18.5. The quantitative estimate of drug-likeness (QED) is 0.740. The lowest BCUT2D eigenvalue weighted by atomic mass is 9.94. The van der Waals surface area contributed by atoms with Gasteiger partial charge in [0, 0.05) is 11.6 Å². The highest BCUT2D eigenvalue weighted by Crippen LogP contribution is 2.45. The smallest absolute Gasteiger partial charge is 0.245 e. The van der Waals surface area contributed by atoms with Gasteiger partial charge in [0.15, 0.2) is 0 Å². The van der Waals surface area contributed by atoms with Crippen LogP contribution >= 0.6 is 0 Å². The van der Waals surface area contributed by atoms with Gasteiger partial charge in [0.25, 0.3) is 0 Å². The van der Waals surface area contributed by atoms with Crippen molar-refractivity contribution in [2.75, 3.05) is 5.73 Å². The minimum atomic E-state index is -2.26. The summed E-state index contributed by atoms with van der Waals surface area (Å²) in [5, 5.41) is 0. The molecule has 2 N–H and O–H groups in total. The van der Waals surface area contributed by atoms with Crippen LogP contribution in [0.5, 0.6) is 0 Å². The van der Waals surface area contributed by atoms with Crippen molar-refractivity contribution in [1.82, 2.24) is 0 Å². The van der Waals surface area contributed by atoms with E-state index in [0.717, 1.165) is 18.4 Å². The zero-order valence-electron chi connectivity index (χ0n) is 7.79. The molecule has 1 aromatic carbocycles. The summed E-state index contributed by atoms with van der Waals surface area (Å²) in [5.74, 6) is -0.408. The van der Waals surface area contributed by atoms with Crippen molar-refractivity contribution in [2.45, 2.75) is 25.2 Å². The van der Waals surface area contributed by atoms with E-state index >= 15 is 0 Å². The second-order valence-corrected chi connectivity index (χ2v) is 3.86. The minimum Gasteiger partial charge on any atom is -0.399 e. The van der Waals surface area contributed by atoms with Crippen LogP contribution in [-0.4, -0.2) is 6.43 Å². The zero-order valence-corrected chi connectivity index (χ0v) is 7.79. The summed E-state index contributed by atoms with van der Waals surface area (Å²) >= 11 is 0. The Morgan fingerprint density at radius 2 is 1.71 bits per heavy atom. The van der Waals surface area contributed by atoms with Gasteiger partial charge in [-0.1, -0.05) is 12.1 Å². The van der Waals surface area contributed by atoms with Crippen molar-refractivity contribution in [2.24, 2.45) is 5.92 Å². The molecule has 3 heteroatoms. The van der Waals surface area contributed by atoms with E-state index in [4.69, 9.17) is 5.73 Å². The monoisotopic (exact) mass is 197 g/mol. The summed E-state index contributed by atoms with van der Waals surface area (Å²) in [7, 11) is 0. The molecule has 1 nitrogen and oxygen atoms in total. The molecule has 0 saturated heterocycles. The maximum atomic E-state index is 12.7. The number of halogens is 2. The van der Waals surface area contributed by atoms with Gasteiger partial charge < -0.3 is 5.73 Å².